The highest BCUT2D eigenvalue weighted by Gasteiger charge is 2.38. The lowest BCUT2D eigenvalue weighted by molar-refractivity contribution is 0.000158. The third-order valence-corrected chi connectivity index (χ3v) is 5.75. The van der Waals surface area contributed by atoms with Crippen LogP contribution in [0.2, 0.25) is 0 Å². The highest BCUT2D eigenvalue weighted by molar-refractivity contribution is 9.09. The molecule has 2 heterocycles. The second-order valence-electron chi connectivity index (χ2n) is 5.73. The Balaban J connectivity index is 1.98. The van der Waals surface area contributed by atoms with Gasteiger partial charge in [-0.05, 0) is 37.1 Å². The summed E-state index contributed by atoms with van der Waals surface area (Å²) in [6.07, 6.45) is 3.50. The maximum Gasteiger partial charge on any atom is 0.0589 e. The van der Waals surface area contributed by atoms with Crippen LogP contribution in [0, 0.1) is 11.3 Å². The van der Waals surface area contributed by atoms with Gasteiger partial charge in [-0.1, -0.05) is 22.9 Å². The van der Waals surface area contributed by atoms with Gasteiger partial charge in [0.2, 0.25) is 0 Å². The number of aliphatic hydroxyl groups excluding tert-OH is 1. The molecule has 4 heteroatoms. The van der Waals surface area contributed by atoms with Gasteiger partial charge >= 0.3 is 0 Å². The number of halogens is 1. The molecule has 2 unspecified atom stereocenters. The minimum atomic E-state index is 0.302. The normalized spacial score (nSPS) is 34.1. The standard InChI is InChI=1S/C13H24BrNO2/c1-11-2-5-15(12(11)8-16)10-13(9-14)3-6-17-7-4-13/h11-12,16H,2-10H2,1H3. The minimum Gasteiger partial charge on any atom is -0.395 e. The van der Waals surface area contributed by atoms with Crippen LogP contribution in [0.25, 0.3) is 0 Å². The molecule has 17 heavy (non-hydrogen) atoms. The molecule has 2 saturated heterocycles. The monoisotopic (exact) mass is 305 g/mol. The molecular weight excluding hydrogens is 282 g/mol. The van der Waals surface area contributed by atoms with Crippen molar-refractivity contribution in [1.82, 2.24) is 4.90 Å². The number of hydrogen-bond acceptors (Lipinski definition) is 3. The van der Waals surface area contributed by atoms with Gasteiger partial charge in [0.05, 0.1) is 6.61 Å². The van der Waals surface area contributed by atoms with Crippen molar-refractivity contribution in [2.45, 2.75) is 32.2 Å². The lowest BCUT2D eigenvalue weighted by Crippen LogP contribution is -2.46. The van der Waals surface area contributed by atoms with Crippen LogP contribution < -0.4 is 0 Å². The number of nitrogens with zero attached hydrogens (tertiary/aromatic N) is 1. The fourth-order valence-corrected chi connectivity index (χ4v) is 3.89. The Kier molecular flexibility index (Phi) is 4.87. The maximum absolute atomic E-state index is 9.51. The average Bonchev–Trinajstić information content (AvgIpc) is 2.71. The van der Waals surface area contributed by atoms with Crippen molar-refractivity contribution in [2.24, 2.45) is 11.3 Å². The van der Waals surface area contributed by atoms with E-state index in [1.807, 2.05) is 0 Å². The summed E-state index contributed by atoms with van der Waals surface area (Å²) in [4.78, 5) is 2.50. The smallest absolute Gasteiger partial charge is 0.0589 e. The van der Waals surface area contributed by atoms with Gasteiger partial charge in [-0.3, -0.25) is 4.90 Å². The van der Waals surface area contributed by atoms with E-state index in [1.54, 1.807) is 0 Å². The number of likely N-dealkylation sites (tertiary alicyclic amines) is 1. The molecule has 100 valence electrons. The molecule has 0 aromatic rings. The molecule has 0 saturated carbocycles. The molecule has 2 rings (SSSR count). The van der Waals surface area contributed by atoms with Crippen LogP contribution in [0.15, 0.2) is 0 Å². The SMILES string of the molecule is CC1CCN(CC2(CBr)CCOCC2)C1CO. The van der Waals surface area contributed by atoms with Gasteiger partial charge in [0.25, 0.3) is 0 Å². The zero-order valence-electron chi connectivity index (χ0n) is 10.7. The number of rotatable bonds is 4. The second kappa shape index (κ2) is 6.00. The first-order valence-corrected chi connectivity index (χ1v) is 7.81. The predicted molar refractivity (Wildman–Crippen MR) is 72.5 cm³/mol. The zero-order valence-corrected chi connectivity index (χ0v) is 12.3. The van der Waals surface area contributed by atoms with Crippen LogP contribution in [-0.2, 0) is 4.74 Å². The molecule has 2 fully saturated rings. The number of ether oxygens (including phenoxy) is 1. The quantitative estimate of drug-likeness (QED) is 0.805. The highest BCUT2D eigenvalue weighted by atomic mass is 79.9. The fraction of sp³-hybridized carbons (Fsp3) is 1.00. The van der Waals surface area contributed by atoms with Crippen molar-refractivity contribution in [1.29, 1.82) is 0 Å². The number of hydrogen-bond donors (Lipinski definition) is 1. The van der Waals surface area contributed by atoms with Gasteiger partial charge in [0, 0.05) is 31.1 Å². The van der Waals surface area contributed by atoms with E-state index in [2.05, 4.69) is 27.8 Å². The Morgan fingerprint density at radius 3 is 2.71 bits per heavy atom. The summed E-state index contributed by atoms with van der Waals surface area (Å²) in [5.41, 5.74) is 0.357. The third kappa shape index (κ3) is 3.03. The molecule has 2 aliphatic rings. The van der Waals surface area contributed by atoms with Crippen LogP contribution >= 0.6 is 15.9 Å². The first-order valence-electron chi connectivity index (χ1n) is 6.69. The number of aliphatic hydroxyl groups is 1. The first kappa shape index (κ1) is 13.8. The Hall–Kier alpha value is 0.360. The van der Waals surface area contributed by atoms with Gasteiger partial charge < -0.3 is 9.84 Å². The number of alkyl halides is 1. The van der Waals surface area contributed by atoms with E-state index >= 15 is 0 Å². The molecule has 0 aliphatic carbocycles. The average molecular weight is 306 g/mol. The predicted octanol–water partition coefficient (Wildman–Crippen LogP) is 1.88. The van der Waals surface area contributed by atoms with E-state index in [1.165, 1.54) is 6.42 Å². The van der Waals surface area contributed by atoms with Gasteiger partial charge in [-0.15, -0.1) is 0 Å². The van der Waals surface area contributed by atoms with Crippen LogP contribution in [-0.4, -0.2) is 54.3 Å². The molecule has 0 bridgehead atoms. The summed E-state index contributed by atoms with van der Waals surface area (Å²) in [5.74, 6) is 0.632. The molecule has 2 aliphatic heterocycles. The lowest BCUT2D eigenvalue weighted by Gasteiger charge is -2.40. The van der Waals surface area contributed by atoms with E-state index < -0.39 is 0 Å². The van der Waals surface area contributed by atoms with Crippen molar-refractivity contribution in [3.8, 4) is 0 Å². The molecule has 0 amide bonds. The van der Waals surface area contributed by atoms with Crippen molar-refractivity contribution in [2.75, 3.05) is 38.2 Å². The Morgan fingerprint density at radius 1 is 1.41 bits per heavy atom. The molecule has 0 radical (unpaired) electrons. The Labute approximate surface area is 113 Å². The van der Waals surface area contributed by atoms with E-state index in [0.29, 0.717) is 24.0 Å². The maximum atomic E-state index is 9.51. The Morgan fingerprint density at radius 2 is 2.12 bits per heavy atom. The summed E-state index contributed by atoms with van der Waals surface area (Å²) < 4.78 is 5.48. The van der Waals surface area contributed by atoms with Crippen molar-refractivity contribution < 1.29 is 9.84 Å². The minimum absolute atomic E-state index is 0.302. The van der Waals surface area contributed by atoms with Crippen molar-refractivity contribution >= 4 is 15.9 Å². The highest BCUT2D eigenvalue weighted by Crippen LogP contribution is 2.36. The topological polar surface area (TPSA) is 32.7 Å². The largest absolute Gasteiger partial charge is 0.395 e. The van der Waals surface area contributed by atoms with E-state index in [9.17, 15) is 5.11 Å². The summed E-state index contributed by atoms with van der Waals surface area (Å²) >= 11 is 3.69. The molecule has 2 atom stereocenters. The van der Waals surface area contributed by atoms with E-state index in [4.69, 9.17) is 4.74 Å². The van der Waals surface area contributed by atoms with Crippen molar-refractivity contribution in [3.05, 3.63) is 0 Å². The van der Waals surface area contributed by atoms with Gasteiger partial charge in [-0.25, -0.2) is 0 Å². The van der Waals surface area contributed by atoms with E-state index in [0.717, 1.165) is 44.5 Å². The third-order valence-electron chi connectivity index (χ3n) is 4.56. The van der Waals surface area contributed by atoms with Gasteiger partial charge in [-0.2, -0.15) is 0 Å². The molecule has 1 N–H and O–H groups in total. The van der Waals surface area contributed by atoms with Gasteiger partial charge in [0.15, 0.2) is 0 Å². The van der Waals surface area contributed by atoms with Crippen LogP contribution in [0.4, 0.5) is 0 Å². The molecule has 3 nitrogen and oxygen atoms in total. The summed E-state index contributed by atoms with van der Waals surface area (Å²) in [7, 11) is 0. The second-order valence-corrected chi connectivity index (χ2v) is 6.29. The molecule has 0 aromatic heterocycles. The fourth-order valence-electron chi connectivity index (χ4n) is 3.15. The van der Waals surface area contributed by atoms with Crippen LogP contribution in [0.5, 0.6) is 0 Å². The zero-order chi connectivity index (χ0) is 12.3. The lowest BCUT2D eigenvalue weighted by atomic mass is 9.81. The van der Waals surface area contributed by atoms with Crippen LogP contribution in [0.3, 0.4) is 0 Å². The molecule has 0 spiro atoms. The molecular formula is C13H24BrNO2. The van der Waals surface area contributed by atoms with E-state index in [-0.39, 0.29) is 0 Å². The first-order chi connectivity index (χ1) is 8.21. The summed E-state index contributed by atoms with van der Waals surface area (Å²) in [6, 6.07) is 0.369. The van der Waals surface area contributed by atoms with Gasteiger partial charge in [0.1, 0.15) is 0 Å². The summed E-state index contributed by atoms with van der Waals surface area (Å²) in [5, 5.41) is 10.6. The summed E-state index contributed by atoms with van der Waals surface area (Å²) in [6.45, 7) is 6.58. The van der Waals surface area contributed by atoms with Crippen LogP contribution in [0.1, 0.15) is 26.2 Å². The van der Waals surface area contributed by atoms with Crippen molar-refractivity contribution in [3.63, 3.8) is 0 Å². The Bertz CT molecular complexity index is 244. The molecule has 0 aromatic carbocycles.